The van der Waals surface area contributed by atoms with Crippen LogP contribution < -0.4 is 10.2 Å². The van der Waals surface area contributed by atoms with E-state index in [-0.39, 0.29) is 11.4 Å². The van der Waals surface area contributed by atoms with Gasteiger partial charge in [-0.25, -0.2) is 13.9 Å². The van der Waals surface area contributed by atoms with Crippen molar-refractivity contribution in [3.8, 4) is 5.75 Å². The lowest BCUT2D eigenvalue weighted by atomic mass is 9.98. The highest BCUT2D eigenvalue weighted by molar-refractivity contribution is 7.89. The van der Waals surface area contributed by atoms with Gasteiger partial charge < -0.3 is 4.74 Å². The molecule has 3 rings (SSSR count). The Balaban J connectivity index is 1.85. The summed E-state index contributed by atoms with van der Waals surface area (Å²) in [4.78, 5) is 11.7. The number of fused-ring (bicyclic) bond motifs is 1. The molecule has 1 amide bonds. The molecule has 0 aromatic heterocycles. The molecule has 1 aliphatic heterocycles. The summed E-state index contributed by atoms with van der Waals surface area (Å²) in [6.45, 7) is 0.566. The molecule has 2 aromatic rings. The molecule has 0 bridgehead atoms. The number of hydrogen-bond acceptors (Lipinski definition) is 5. The molecule has 0 saturated carbocycles. The number of ether oxygens (including phenoxy) is 1. The molecule has 0 unspecified atom stereocenters. The first kappa shape index (κ1) is 17.4. The highest BCUT2D eigenvalue weighted by atomic mass is 32.2. The van der Waals surface area contributed by atoms with Gasteiger partial charge in [0.15, 0.2) is 0 Å². The maximum absolute atomic E-state index is 12.8. The maximum atomic E-state index is 12.8. The van der Waals surface area contributed by atoms with Crippen LogP contribution >= 0.6 is 0 Å². The molecule has 1 aliphatic rings. The first-order valence-corrected chi connectivity index (χ1v) is 9.10. The van der Waals surface area contributed by atoms with E-state index in [0.717, 1.165) is 11.1 Å². The van der Waals surface area contributed by atoms with Gasteiger partial charge in [-0.3, -0.25) is 10.0 Å². The summed E-state index contributed by atoms with van der Waals surface area (Å²) >= 11 is 0. The van der Waals surface area contributed by atoms with Gasteiger partial charge in [0.1, 0.15) is 5.75 Å². The van der Waals surface area contributed by atoms with Crippen LogP contribution in [0.5, 0.6) is 5.75 Å². The molecular weight excluding hydrogens is 344 g/mol. The third-order valence-electron chi connectivity index (χ3n) is 4.24. The summed E-state index contributed by atoms with van der Waals surface area (Å²) in [5, 5.41) is 8.71. The minimum absolute atomic E-state index is 0.216. The molecule has 0 atom stereocenters. The van der Waals surface area contributed by atoms with E-state index in [1.165, 1.54) is 23.5 Å². The first-order valence-electron chi connectivity index (χ1n) is 7.66. The van der Waals surface area contributed by atoms with Gasteiger partial charge in [-0.05, 0) is 53.9 Å². The van der Waals surface area contributed by atoms with Crippen molar-refractivity contribution in [1.29, 1.82) is 0 Å². The molecule has 1 heterocycles. The molecule has 7 nitrogen and oxygen atoms in total. The minimum atomic E-state index is -3.60. The molecule has 0 saturated heterocycles. The van der Waals surface area contributed by atoms with Crippen molar-refractivity contribution < 1.29 is 23.2 Å². The molecule has 0 spiro atoms. The molecule has 0 fully saturated rings. The zero-order chi connectivity index (χ0) is 18.0. The van der Waals surface area contributed by atoms with Crippen LogP contribution in [0.15, 0.2) is 47.4 Å². The van der Waals surface area contributed by atoms with Crippen LogP contribution in [-0.4, -0.2) is 37.5 Å². The summed E-state index contributed by atoms with van der Waals surface area (Å²) in [6, 6.07) is 11.2. The van der Waals surface area contributed by atoms with Gasteiger partial charge in [-0.2, -0.15) is 4.31 Å². The maximum Gasteiger partial charge on any atom is 0.274 e. The Hall–Kier alpha value is -2.42. The fourth-order valence-corrected chi connectivity index (χ4v) is 4.25. The fourth-order valence-electron chi connectivity index (χ4n) is 2.83. The Morgan fingerprint density at radius 2 is 1.88 bits per heavy atom. The van der Waals surface area contributed by atoms with E-state index < -0.39 is 15.9 Å². The SMILES string of the molecule is COc1ccc(S(=O)(=O)N2CCc3cc(C(=O)NO)ccc3C2)cc1. The fraction of sp³-hybridized carbons (Fsp3) is 0.235. The summed E-state index contributed by atoms with van der Waals surface area (Å²) in [6.07, 6.45) is 0.497. The first-order chi connectivity index (χ1) is 12.0. The lowest BCUT2D eigenvalue weighted by Crippen LogP contribution is -2.36. The van der Waals surface area contributed by atoms with Crippen molar-refractivity contribution >= 4 is 15.9 Å². The van der Waals surface area contributed by atoms with E-state index in [1.54, 1.807) is 35.8 Å². The largest absolute Gasteiger partial charge is 0.497 e. The second kappa shape index (κ2) is 6.83. The summed E-state index contributed by atoms with van der Waals surface area (Å²) < 4.78 is 32.1. The number of methoxy groups -OCH3 is 1. The Morgan fingerprint density at radius 1 is 1.16 bits per heavy atom. The quantitative estimate of drug-likeness (QED) is 0.636. The van der Waals surface area contributed by atoms with E-state index in [1.807, 2.05) is 0 Å². The van der Waals surface area contributed by atoms with Gasteiger partial charge in [0, 0.05) is 18.7 Å². The Labute approximate surface area is 145 Å². The lowest BCUT2D eigenvalue weighted by Gasteiger charge is -2.28. The number of nitrogens with one attached hydrogen (secondary N) is 1. The number of hydroxylamine groups is 1. The highest BCUT2D eigenvalue weighted by Crippen LogP contribution is 2.26. The number of amides is 1. The van der Waals surface area contributed by atoms with Crippen molar-refractivity contribution in [3.05, 3.63) is 59.2 Å². The zero-order valence-corrected chi connectivity index (χ0v) is 14.4. The normalized spacial score (nSPS) is 14.6. The van der Waals surface area contributed by atoms with E-state index in [9.17, 15) is 13.2 Å². The standard InChI is InChI=1S/C17H18N2O5S/c1-24-15-4-6-16(7-5-15)25(22,23)19-9-8-12-10-13(17(20)18-21)2-3-14(12)11-19/h2-7,10,21H,8-9,11H2,1H3,(H,18,20). The number of nitrogens with zero attached hydrogens (tertiary/aromatic N) is 1. The van der Waals surface area contributed by atoms with Crippen molar-refractivity contribution in [1.82, 2.24) is 9.79 Å². The number of carbonyl (C=O) groups excluding carboxylic acids is 1. The number of rotatable bonds is 4. The number of sulfonamides is 1. The second-order valence-corrected chi connectivity index (χ2v) is 7.63. The summed E-state index contributed by atoms with van der Waals surface area (Å²) in [5.74, 6) is 0.00807. The van der Waals surface area contributed by atoms with Crippen molar-refractivity contribution in [2.24, 2.45) is 0 Å². The third kappa shape index (κ3) is 3.37. The Kier molecular flexibility index (Phi) is 4.76. The van der Waals surface area contributed by atoms with Crippen LogP contribution in [0.2, 0.25) is 0 Å². The van der Waals surface area contributed by atoms with E-state index in [2.05, 4.69) is 0 Å². The zero-order valence-electron chi connectivity index (χ0n) is 13.6. The predicted octanol–water partition coefficient (Wildman–Crippen LogP) is 1.56. The van der Waals surface area contributed by atoms with Crippen LogP contribution in [0.3, 0.4) is 0 Å². The lowest BCUT2D eigenvalue weighted by molar-refractivity contribution is 0.0706. The van der Waals surface area contributed by atoms with Gasteiger partial charge in [0.2, 0.25) is 10.0 Å². The third-order valence-corrected chi connectivity index (χ3v) is 6.10. The van der Waals surface area contributed by atoms with Crippen LogP contribution in [-0.2, 0) is 23.0 Å². The van der Waals surface area contributed by atoms with E-state index >= 15 is 0 Å². The number of benzene rings is 2. The van der Waals surface area contributed by atoms with Crippen LogP contribution in [0.1, 0.15) is 21.5 Å². The Morgan fingerprint density at radius 3 is 2.52 bits per heavy atom. The van der Waals surface area contributed by atoms with Crippen molar-refractivity contribution in [2.75, 3.05) is 13.7 Å². The average Bonchev–Trinajstić information content (AvgIpc) is 2.66. The number of hydrogen-bond donors (Lipinski definition) is 2. The van der Waals surface area contributed by atoms with Crippen molar-refractivity contribution in [3.63, 3.8) is 0 Å². The van der Waals surface area contributed by atoms with Crippen LogP contribution in [0.25, 0.3) is 0 Å². The molecule has 25 heavy (non-hydrogen) atoms. The highest BCUT2D eigenvalue weighted by Gasteiger charge is 2.28. The van der Waals surface area contributed by atoms with Crippen LogP contribution in [0.4, 0.5) is 0 Å². The van der Waals surface area contributed by atoms with Gasteiger partial charge in [0.05, 0.1) is 12.0 Å². The molecular formula is C17H18N2O5S. The predicted molar refractivity (Wildman–Crippen MR) is 90.0 cm³/mol. The summed E-state index contributed by atoms with van der Waals surface area (Å²) in [7, 11) is -2.08. The molecule has 8 heteroatoms. The number of carbonyl (C=O) groups is 1. The second-order valence-electron chi connectivity index (χ2n) is 5.69. The average molecular weight is 362 g/mol. The van der Waals surface area contributed by atoms with E-state index in [0.29, 0.717) is 24.3 Å². The van der Waals surface area contributed by atoms with Gasteiger partial charge in [0.25, 0.3) is 5.91 Å². The van der Waals surface area contributed by atoms with Gasteiger partial charge in [-0.15, -0.1) is 0 Å². The summed E-state index contributed by atoms with van der Waals surface area (Å²) in [5.41, 5.74) is 3.69. The molecule has 132 valence electrons. The monoisotopic (exact) mass is 362 g/mol. The topological polar surface area (TPSA) is 95.9 Å². The van der Waals surface area contributed by atoms with Gasteiger partial charge in [-0.1, -0.05) is 6.07 Å². The molecule has 0 aliphatic carbocycles. The molecule has 0 radical (unpaired) electrons. The smallest absolute Gasteiger partial charge is 0.274 e. The van der Waals surface area contributed by atoms with E-state index in [4.69, 9.17) is 9.94 Å². The van der Waals surface area contributed by atoms with Gasteiger partial charge >= 0.3 is 0 Å². The molecule has 2 N–H and O–H groups in total. The Bertz CT molecular complexity index is 894. The van der Waals surface area contributed by atoms with Crippen molar-refractivity contribution in [2.45, 2.75) is 17.9 Å². The molecule has 2 aromatic carbocycles. The van der Waals surface area contributed by atoms with Crippen LogP contribution in [0, 0.1) is 0 Å². The minimum Gasteiger partial charge on any atom is -0.497 e.